The zero-order chi connectivity index (χ0) is 14.7. The summed E-state index contributed by atoms with van der Waals surface area (Å²) in [4.78, 5) is 15.3. The molecule has 0 aliphatic carbocycles. The first-order chi connectivity index (χ1) is 9.49. The van der Waals surface area contributed by atoms with Crippen LogP contribution >= 0.6 is 0 Å². The highest BCUT2D eigenvalue weighted by atomic mass is 16.5. The molecule has 0 spiro atoms. The van der Waals surface area contributed by atoms with Gasteiger partial charge in [-0.25, -0.2) is 14.5 Å². The third kappa shape index (κ3) is 2.96. The molecule has 2 aromatic rings. The van der Waals surface area contributed by atoms with Gasteiger partial charge in [-0.3, -0.25) is 0 Å². The fraction of sp³-hybridized carbons (Fsp3) is 0.357. The van der Waals surface area contributed by atoms with E-state index in [1.165, 1.54) is 6.33 Å². The van der Waals surface area contributed by atoms with Gasteiger partial charge in [-0.1, -0.05) is 6.07 Å². The van der Waals surface area contributed by atoms with Crippen LogP contribution in [-0.2, 0) is 6.61 Å². The van der Waals surface area contributed by atoms with Gasteiger partial charge in [0.1, 0.15) is 24.2 Å². The first-order valence-electron chi connectivity index (χ1n) is 6.34. The van der Waals surface area contributed by atoms with Gasteiger partial charge in [-0.15, -0.1) is 0 Å². The summed E-state index contributed by atoms with van der Waals surface area (Å²) in [5.74, 6) is -0.000947. The number of hydrogen-bond acceptors (Lipinski definition) is 4. The number of benzene rings is 1. The monoisotopic (exact) mass is 275 g/mol. The van der Waals surface area contributed by atoms with Crippen molar-refractivity contribution < 1.29 is 14.6 Å². The molecule has 0 atom stereocenters. The summed E-state index contributed by atoms with van der Waals surface area (Å²) in [5, 5.41) is 13.3. The summed E-state index contributed by atoms with van der Waals surface area (Å²) < 4.78 is 7.36. The van der Waals surface area contributed by atoms with Crippen LogP contribution in [0.25, 0.3) is 0 Å². The molecular formula is C14H17N3O3. The van der Waals surface area contributed by atoms with E-state index in [9.17, 15) is 4.79 Å². The van der Waals surface area contributed by atoms with Gasteiger partial charge >= 0.3 is 5.97 Å². The van der Waals surface area contributed by atoms with Crippen molar-refractivity contribution in [1.82, 2.24) is 14.8 Å². The Balaban J connectivity index is 2.20. The number of rotatable bonds is 5. The summed E-state index contributed by atoms with van der Waals surface area (Å²) in [7, 11) is 0. The number of aryl methyl sites for hydroxylation is 1. The molecule has 0 saturated heterocycles. The quantitative estimate of drug-likeness (QED) is 0.906. The van der Waals surface area contributed by atoms with Gasteiger partial charge in [-0.2, -0.15) is 5.10 Å². The van der Waals surface area contributed by atoms with Crippen molar-refractivity contribution in [2.24, 2.45) is 0 Å². The van der Waals surface area contributed by atoms with E-state index in [1.54, 1.807) is 22.9 Å². The average Bonchev–Trinajstić information content (AvgIpc) is 2.84. The second-order valence-corrected chi connectivity index (χ2v) is 4.81. The number of aromatic carboxylic acids is 1. The zero-order valence-electron chi connectivity index (χ0n) is 11.7. The molecule has 0 amide bonds. The topological polar surface area (TPSA) is 77.2 Å². The van der Waals surface area contributed by atoms with Crippen molar-refractivity contribution in [2.45, 2.75) is 33.4 Å². The molecule has 0 unspecified atom stereocenters. The maximum atomic E-state index is 11.2. The van der Waals surface area contributed by atoms with Crippen LogP contribution in [0.4, 0.5) is 0 Å². The van der Waals surface area contributed by atoms with Gasteiger partial charge < -0.3 is 9.84 Å². The Morgan fingerprint density at radius 1 is 1.45 bits per heavy atom. The van der Waals surface area contributed by atoms with E-state index in [1.807, 2.05) is 20.8 Å². The summed E-state index contributed by atoms with van der Waals surface area (Å²) in [6, 6.07) is 5.17. The van der Waals surface area contributed by atoms with Crippen LogP contribution in [0.15, 0.2) is 24.5 Å². The van der Waals surface area contributed by atoms with Gasteiger partial charge in [0, 0.05) is 6.04 Å². The highest BCUT2D eigenvalue weighted by molar-refractivity contribution is 5.90. The van der Waals surface area contributed by atoms with Crippen molar-refractivity contribution in [3.05, 3.63) is 41.5 Å². The Bertz CT molecular complexity index is 620. The van der Waals surface area contributed by atoms with E-state index >= 15 is 0 Å². The Morgan fingerprint density at radius 2 is 2.20 bits per heavy atom. The van der Waals surface area contributed by atoms with E-state index < -0.39 is 5.97 Å². The van der Waals surface area contributed by atoms with Gasteiger partial charge in [0.15, 0.2) is 5.82 Å². The molecule has 20 heavy (non-hydrogen) atoms. The minimum absolute atomic E-state index is 0.145. The van der Waals surface area contributed by atoms with Crippen LogP contribution in [0.5, 0.6) is 5.75 Å². The number of carboxylic acids is 1. The van der Waals surface area contributed by atoms with E-state index in [-0.39, 0.29) is 18.2 Å². The van der Waals surface area contributed by atoms with Crippen molar-refractivity contribution in [3.8, 4) is 5.75 Å². The van der Waals surface area contributed by atoms with Gasteiger partial charge in [0.05, 0.1) is 0 Å². The van der Waals surface area contributed by atoms with E-state index in [0.29, 0.717) is 11.6 Å². The number of ether oxygens (including phenoxy) is 1. The maximum absolute atomic E-state index is 11.2. The second kappa shape index (κ2) is 5.73. The van der Waals surface area contributed by atoms with Crippen LogP contribution in [-0.4, -0.2) is 25.8 Å². The molecule has 0 saturated carbocycles. The smallest absolute Gasteiger partial charge is 0.339 e. The molecule has 0 bridgehead atoms. The predicted molar refractivity (Wildman–Crippen MR) is 72.9 cm³/mol. The fourth-order valence-electron chi connectivity index (χ4n) is 1.88. The zero-order valence-corrected chi connectivity index (χ0v) is 11.7. The van der Waals surface area contributed by atoms with Crippen LogP contribution < -0.4 is 4.74 Å². The summed E-state index contributed by atoms with van der Waals surface area (Å²) in [5.41, 5.74) is 1.08. The van der Waals surface area contributed by atoms with Crippen molar-refractivity contribution in [1.29, 1.82) is 0 Å². The molecule has 0 aliphatic rings. The minimum Gasteiger partial charge on any atom is -0.485 e. The molecule has 2 rings (SSSR count). The number of aromatic nitrogens is 3. The van der Waals surface area contributed by atoms with Crippen molar-refractivity contribution in [3.63, 3.8) is 0 Å². The lowest BCUT2D eigenvalue weighted by molar-refractivity contribution is 0.0691. The van der Waals surface area contributed by atoms with E-state index in [2.05, 4.69) is 10.1 Å². The Labute approximate surface area is 117 Å². The Hall–Kier alpha value is -2.37. The highest BCUT2D eigenvalue weighted by Crippen LogP contribution is 2.21. The lowest BCUT2D eigenvalue weighted by atomic mass is 10.1. The third-order valence-corrected chi connectivity index (χ3v) is 2.86. The Kier molecular flexibility index (Phi) is 4.02. The third-order valence-electron chi connectivity index (χ3n) is 2.86. The molecule has 0 radical (unpaired) electrons. The van der Waals surface area contributed by atoms with Crippen molar-refractivity contribution in [2.75, 3.05) is 0 Å². The molecule has 0 aliphatic heterocycles. The van der Waals surface area contributed by atoms with E-state index in [4.69, 9.17) is 9.84 Å². The number of nitrogens with zero attached hydrogens (tertiary/aromatic N) is 3. The molecule has 1 aromatic heterocycles. The van der Waals surface area contributed by atoms with Crippen LogP contribution in [0.2, 0.25) is 0 Å². The standard InChI is InChI=1S/C14H17N3O3/c1-9(2)17-13(15-8-16-17)7-20-12-6-10(3)4-5-11(12)14(18)19/h4-6,8-9H,7H2,1-3H3,(H,18,19). The first-order valence-corrected chi connectivity index (χ1v) is 6.34. The number of carboxylic acid groups (broad SMARTS) is 1. The average molecular weight is 275 g/mol. The molecule has 1 N–H and O–H groups in total. The molecule has 6 heteroatoms. The molecule has 0 fully saturated rings. The predicted octanol–water partition coefficient (Wildman–Crippen LogP) is 2.44. The molecule has 1 heterocycles. The summed E-state index contributed by atoms with van der Waals surface area (Å²) in [6.07, 6.45) is 1.47. The normalized spacial score (nSPS) is 10.8. The van der Waals surface area contributed by atoms with E-state index in [0.717, 1.165) is 5.56 Å². The molecular weight excluding hydrogens is 258 g/mol. The van der Waals surface area contributed by atoms with Gasteiger partial charge in [0.2, 0.25) is 0 Å². The van der Waals surface area contributed by atoms with Crippen LogP contribution in [0, 0.1) is 6.92 Å². The number of hydrogen-bond donors (Lipinski definition) is 1. The summed E-state index contributed by atoms with van der Waals surface area (Å²) in [6.45, 7) is 6.05. The van der Waals surface area contributed by atoms with Gasteiger partial charge in [-0.05, 0) is 38.5 Å². The second-order valence-electron chi connectivity index (χ2n) is 4.81. The fourth-order valence-corrected chi connectivity index (χ4v) is 1.88. The lowest BCUT2D eigenvalue weighted by Gasteiger charge is -2.12. The maximum Gasteiger partial charge on any atom is 0.339 e. The molecule has 106 valence electrons. The number of carbonyl (C=O) groups is 1. The van der Waals surface area contributed by atoms with Crippen LogP contribution in [0.1, 0.15) is 41.6 Å². The molecule has 6 nitrogen and oxygen atoms in total. The largest absolute Gasteiger partial charge is 0.485 e. The first kappa shape index (κ1) is 14.0. The van der Waals surface area contributed by atoms with Crippen LogP contribution in [0.3, 0.4) is 0 Å². The molecule has 1 aromatic carbocycles. The SMILES string of the molecule is Cc1ccc(C(=O)O)c(OCc2ncnn2C(C)C)c1. The van der Waals surface area contributed by atoms with Gasteiger partial charge in [0.25, 0.3) is 0 Å². The van der Waals surface area contributed by atoms with Crippen molar-refractivity contribution >= 4 is 5.97 Å². The minimum atomic E-state index is -1.01. The summed E-state index contributed by atoms with van der Waals surface area (Å²) >= 11 is 0. The Morgan fingerprint density at radius 3 is 2.85 bits per heavy atom. The lowest BCUT2D eigenvalue weighted by Crippen LogP contribution is -2.12. The highest BCUT2D eigenvalue weighted by Gasteiger charge is 2.13.